The molecule has 1 aliphatic heterocycles. The molecule has 0 unspecified atom stereocenters. The highest BCUT2D eigenvalue weighted by Crippen LogP contribution is 2.29. The first-order chi connectivity index (χ1) is 11.7. The van der Waals surface area contributed by atoms with Crippen LogP contribution in [0, 0.1) is 6.92 Å². The van der Waals surface area contributed by atoms with E-state index >= 15 is 0 Å². The van der Waals surface area contributed by atoms with Gasteiger partial charge in [0.05, 0.1) is 5.69 Å². The zero-order valence-electron chi connectivity index (χ0n) is 13.8. The molecular formula is C19H21ClN4. The third-order valence-corrected chi connectivity index (χ3v) is 5.03. The predicted octanol–water partition coefficient (Wildman–Crippen LogP) is 4.30. The molecule has 0 radical (unpaired) electrons. The van der Waals surface area contributed by atoms with Crippen molar-refractivity contribution in [2.75, 3.05) is 13.1 Å². The van der Waals surface area contributed by atoms with Crippen LogP contribution in [0.5, 0.6) is 0 Å². The number of likely N-dealkylation sites (tertiary alicyclic amines) is 1. The van der Waals surface area contributed by atoms with Crippen LogP contribution in [-0.2, 0) is 6.54 Å². The topological polar surface area (TPSA) is 44.8 Å². The summed E-state index contributed by atoms with van der Waals surface area (Å²) in [5.74, 6) is 0.567. The predicted molar refractivity (Wildman–Crippen MR) is 97.3 cm³/mol. The van der Waals surface area contributed by atoms with E-state index in [1.54, 1.807) is 0 Å². The Labute approximate surface area is 146 Å². The monoisotopic (exact) mass is 340 g/mol. The minimum absolute atomic E-state index is 0.567. The molecule has 0 aliphatic carbocycles. The van der Waals surface area contributed by atoms with Crippen LogP contribution in [0.2, 0.25) is 5.02 Å². The fourth-order valence-electron chi connectivity index (χ4n) is 3.52. The third-order valence-electron chi connectivity index (χ3n) is 4.80. The Morgan fingerprint density at radius 1 is 1.25 bits per heavy atom. The zero-order chi connectivity index (χ0) is 16.5. The number of benzene rings is 1. The maximum Gasteiger partial charge on any atom is 0.156 e. The van der Waals surface area contributed by atoms with Gasteiger partial charge >= 0.3 is 0 Å². The van der Waals surface area contributed by atoms with Gasteiger partial charge in [-0.05, 0) is 56.6 Å². The molecule has 24 heavy (non-hydrogen) atoms. The Morgan fingerprint density at radius 3 is 2.88 bits per heavy atom. The van der Waals surface area contributed by atoms with Crippen molar-refractivity contribution in [2.45, 2.75) is 32.2 Å². The lowest BCUT2D eigenvalue weighted by atomic mass is 9.93. The molecule has 1 N–H and O–H groups in total. The molecule has 1 aromatic carbocycles. The lowest BCUT2D eigenvalue weighted by Crippen LogP contribution is -2.32. The van der Waals surface area contributed by atoms with Gasteiger partial charge in [0.1, 0.15) is 5.52 Å². The van der Waals surface area contributed by atoms with Crippen LogP contribution >= 0.6 is 11.6 Å². The van der Waals surface area contributed by atoms with Gasteiger partial charge in [-0.2, -0.15) is 0 Å². The summed E-state index contributed by atoms with van der Waals surface area (Å²) in [5, 5.41) is 0.816. The normalized spacial score (nSPS) is 16.8. The molecule has 0 amide bonds. The Bertz CT molecular complexity index is 849. The summed E-state index contributed by atoms with van der Waals surface area (Å²) in [6.07, 6.45) is 4.15. The van der Waals surface area contributed by atoms with Crippen LogP contribution in [-0.4, -0.2) is 32.9 Å². The third kappa shape index (κ3) is 3.30. The van der Waals surface area contributed by atoms with Crippen LogP contribution in [0.4, 0.5) is 0 Å². The average Bonchev–Trinajstić information content (AvgIpc) is 2.98. The fourth-order valence-corrected chi connectivity index (χ4v) is 3.73. The number of aromatic nitrogens is 3. The Morgan fingerprint density at radius 2 is 2.08 bits per heavy atom. The maximum absolute atomic E-state index is 6.08. The van der Waals surface area contributed by atoms with Crippen molar-refractivity contribution in [3.05, 3.63) is 58.5 Å². The van der Waals surface area contributed by atoms with E-state index in [4.69, 9.17) is 11.6 Å². The van der Waals surface area contributed by atoms with E-state index < -0.39 is 0 Å². The second kappa shape index (κ2) is 6.54. The number of nitrogens with one attached hydrogen (secondary N) is 1. The van der Waals surface area contributed by atoms with Crippen LogP contribution < -0.4 is 0 Å². The molecule has 1 fully saturated rings. The highest BCUT2D eigenvalue weighted by molar-refractivity contribution is 6.30. The first-order valence-electron chi connectivity index (χ1n) is 8.46. The Hall–Kier alpha value is -1.91. The SMILES string of the molecule is Cc1cnc2cc(C3CCN(Cc4cccc(Cl)c4)CC3)[nH]c2n1. The summed E-state index contributed by atoms with van der Waals surface area (Å²) < 4.78 is 0. The molecule has 4 nitrogen and oxygen atoms in total. The molecule has 1 aliphatic rings. The van der Waals surface area contributed by atoms with Crippen molar-refractivity contribution < 1.29 is 0 Å². The lowest BCUT2D eigenvalue weighted by molar-refractivity contribution is 0.203. The molecule has 1 saturated heterocycles. The second-order valence-corrected chi connectivity index (χ2v) is 7.09. The van der Waals surface area contributed by atoms with Gasteiger partial charge in [0.2, 0.25) is 0 Å². The van der Waals surface area contributed by atoms with Crippen molar-refractivity contribution in [2.24, 2.45) is 0 Å². The summed E-state index contributed by atoms with van der Waals surface area (Å²) in [7, 11) is 0. The molecule has 124 valence electrons. The van der Waals surface area contributed by atoms with E-state index in [2.05, 4.69) is 38.1 Å². The van der Waals surface area contributed by atoms with Crippen LogP contribution in [0.3, 0.4) is 0 Å². The van der Waals surface area contributed by atoms with Crippen molar-refractivity contribution in [1.82, 2.24) is 19.9 Å². The number of hydrogen-bond donors (Lipinski definition) is 1. The van der Waals surface area contributed by atoms with Gasteiger partial charge in [-0.15, -0.1) is 0 Å². The van der Waals surface area contributed by atoms with E-state index in [-0.39, 0.29) is 0 Å². The van der Waals surface area contributed by atoms with Gasteiger partial charge in [0.15, 0.2) is 5.65 Å². The van der Waals surface area contributed by atoms with Crippen molar-refractivity contribution in [3.8, 4) is 0 Å². The summed E-state index contributed by atoms with van der Waals surface area (Å²) in [6, 6.07) is 10.3. The largest absolute Gasteiger partial charge is 0.342 e. The first kappa shape index (κ1) is 15.6. The number of rotatable bonds is 3. The van der Waals surface area contributed by atoms with Crippen molar-refractivity contribution in [3.63, 3.8) is 0 Å². The lowest BCUT2D eigenvalue weighted by Gasteiger charge is -2.31. The van der Waals surface area contributed by atoms with Crippen LogP contribution in [0.25, 0.3) is 11.2 Å². The number of fused-ring (bicyclic) bond motifs is 1. The maximum atomic E-state index is 6.08. The standard InChI is InChI=1S/C19H21ClN4/c1-13-11-21-18-10-17(23-19(18)22-13)15-5-7-24(8-6-15)12-14-3-2-4-16(20)9-14/h2-4,9-11,15H,5-8,12H2,1H3,(H,22,23). The highest BCUT2D eigenvalue weighted by Gasteiger charge is 2.22. The first-order valence-corrected chi connectivity index (χ1v) is 8.84. The Balaban J connectivity index is 1.41. The van der Waals surface area contributed by atoms with Gasteiger partial charge in [0.25, 0.3) is 0 Å². The van der Waals surface area contributed by atoms with E-state index in [1.807, 2.05) is 25.3 Å². The number of H-pyrrole nitrogens is 1. The van der Waals surface area contributed by atoms with Crippen molar-refractivity contribution >= 4 is 22.8 Å². The van der Waals surface area contributed by atoms with E-state index in [0.717, 1.165) is 54.4 Å². The minimum atomic E-state index is 0.567. The number of halogens is 1. The van der Waals surface area contributed by atoms with E-state index in [0.29, 0.717) is 5.92 Å². The van der Waals surface area contributed by atoms with Crippen LogP contribution in [0.1, 0.15) is 35.7 Å². The molecule has 0 atom stereocenters. The summed E-state index contributed by atoms with van der Waals surface area (Å²) >= 11 is 6.08. The van der Waals surface area contributed by atoms with E-state index in [1.165, 1.54) is 11.3 Å². The van der Waals surface area contributed by atoms with Crippen molar-refractivity contribution in [1.29, 1.82) is 0 Å². The summed E-state index contributed by atoms with van der Waals surface area (Å²) in [5.41, 5.74) is 5.39. The molecule has 4 rings (SSSR count). The molecule has 0 bridgehead atoms. The zero-order valence-corrected chi connectivity index (χ0v) is 14.6. The quantitative estimate of drug-likeness (QED) is 0.773. The summed E-state index contributed by atoms with van der Waals surface area (Å²) in [6.45, 7) is 5.16. The minimum Gasteiger partial charge on any atom is -0.342 e. The van der Waals surface area contributed by atoms with Gasteiger partial charge in [-0.1, -0.05) is 23.7 Å². The van der Waals surface area contributed by atoms with Gasteiger partial charge in [-0.25, -0.2) is 4.98 Å². The number of nitrogens with zero attached hydrogens (tertiary/aromatic N) is 3. The fraction of sp³-hybridized carbons (Fsp3) is 0.368. The van der Waals surface area contributed by atoms with Gasteiger partial charge in [-0.3, -0.25) is 9.88 Å². The number of aryl methyl sites for hydroxylation is 1. The molecule has 5 heteroatoms. The summed E-state index contributed by atoms with van der Waals surface area (Å²) in [4.78, 5) is 15.0. The molecule has 0 saturated carbocycles. The Kier molecular flexibility index (Phi) is 4.25. The smallest absolute Gasteiger partial charge is 0.156 e. The van der Waals surface area contributed by atoms with Gasteiger partial charge < -0.3 is 4.98 Å². The molecule has 3 heterocycles. The van der Waals surface area contributed by atoms with E-state index in [9.17, 15) is 0 Å². The molecule has 0 spiro atoms. The average molecular weight is 341 g/mol. The molecule has 3 aromatic rings. The molecule has 2 aromatic heterocycles. The highest BCUT2D eigenvalue weighted by atomic mass is 35.5. The van der Waals surface area contributed by atoms with Gasteiger partial charge in [0, 0.05) is 29.4 Å². The number of piperidine rings is 1. The number of hydrogen-bond acceptors (Lipinski definition) is 3. The second-order valence-electron chi connectivity index (χ2n) is 6.65. The van der Waals surface area contributed by atoms with Crippen LogP contribution in [0.15, 0.2) is 36.5 Å². The molecular weight excluding hydrogens is 320 g/mol. The number of aromatic amines is 1.